The van der Waals surface area contributed by atoms with E-state index in [9.17, 15) is 14.4 Å². The SMILES string of the molecule is O=C(NCCN1C(=O)SC(=Cc2ccccc2)C1=O)C1CC1c1ccccc1. The van der Waals surface area contributed by atoms with Gasteiger partial charge >= 0.3 is 0 Å². The van der Waals surface area contributed by atoms with Crippen LogP contribution in [0.2, 0.25) is 0 Å². The number of hydrogen-bond acceptors (Lipinski definition) is 4. The average molecular weight is 392 g/mol. The zero-order valence-corrected chi connectivity index (χ0v) is 16.0. The van der Waals surface area contributed by atoms with Crippen LogP contribution in [-0.4, -0.2) is 35.0 Å². The smallest absolute Gasteiger partial charge is 0.293 e. The normalized spacial score (nSPS) is 22.6. The molecule has 1 aliphatic heterocycles. The standard InChI is InChI=1S/C22H20N2O3S/c25-20(18-14-17(18)16-9-5-2-6-10-16)23-11-12-24-21(26)19(28-22(24)27)13-15-7-3-1-4-8-15/h1-10,13,17-18H,11-12,14H2,(H,23,25). The predicted molar refractivity (Wildman–Crippen MR) is 109 cm³/mol. The van der Waals surface area contributed by atoms with E-state index in [2.05, 4.69) is 5.32 Å². The van der Waals surface area contributed by atoms with Crippen LogP contribution in [0.15, 0.2) is 65.6 Å². The van der Waals surface area contributed by atoms with Gasteiger partial charge in [-0.05, 0) is 41.3 Å². The van der Waals surface area contributed by atoms with Crippen molar-refractivity contribution in [3.63, 3.8) is 0 Å². The van der Waals surface area contributed by atoms with Crippen LogP contribution in [0.1, 0.15) is 23.5 Å². The molecule has 1 saturated carbocycles. The van der Waals surface area contributed by atoms with Gasteiger partial charge in [-0.25, -0.2) is 0 Å². The van der Waals surface area contributed by atoms with Crippen molar-refractivity contribution in [2.75, 3.05) is 13.1 Å². The lowest BCUT2D eigenvalue weighted by Gasteiger charge is -2.13. The summed E-state index contributed by atoms with van der Waals surface area (Å²) >= 11 is 0.938. The number of benzene rings is 2. The van der Waals surface area contributed by atoms with Crippen LogP contribution in [0.3, 0.4) is 0 Å². The van der Waals surface area contributed by atoms with Gasteiger partial charge in [0.05, 0.1) is 4.91 Å². The van der Waals surface area contributed by atoms with Gasteiger partial charge in [-0.15, -0.1) is 0 Å². The monoisotopic (exact) mass is 392 g/mol. The lowest BCUT2D eigenvalue weighted by Crippen LogP contribution is -2.37. The molecule has 1 saturated heterocycles. The lowest BCUT2D eigenvalue weighted by molar-refractivity contribution is -0.124. The summed E-state index contributed by atoms with van der Waals surface area (Å²) in [6.45, 7) is 0.457. The molecule has 2 aromatic carbocycles. The van der Waals surface area contributed by atoms with E-state index in [0.717, 1.165) is 23.7 Å². The van der Waals surface area contributed by atoms with Crippen molar-refractivity contribution in [2.24, 2.45) is 5.92 Å². The van der Waals surface area contributed by atoms with Crippen LogP contribution in [-0.2, 0) is 9.59 Å². The highest BCUT2D eigenvalue weighted by Crippen LogP contribution is 2.47. The molecule has 1 N–H and O–H groups in total. The number of hydrogen-bond donors (Lipinski definition) is 1. The Morgan fingerprint density at radius 1 is 1.07 bits per heavy atom. The van der Waals surface area contributed by atoms with Gasteiger partial charge in [0.15, 0.2) is 0 Å². The van der Waals surface area contributed by atoms with Gasteiger partial charge in [-0.3, -0.25) is 19.3 Å². The van der Waals surface area contributed by atoms with E-state index in [4.69, 9.17) is 0 Å². The maximum Gasteiger partial charge on any atom is 0.293 e. The molecule has 2 fully saturated rings. The van der Waals surface area contributed by atoms with Crippen molar-refractivity contribution in [1.29, 1.82) is 0 Å². The lowest BCUT2D eigenvalue weighted by atomic mass is 10.1. The van der Waals surface area contributed by atoms with Crippen LogP contribution in [0.4, 0.5) is 4.79 Å². The first kappa shape index (κ1) is 18.5. The summed E-state index contributed by atoms with van der Waals surface area (Å²) in [6, 6.07) is 19.4. The van der Waals surface area contributed by atoms with Crippen molar-refractivity contribution in [2.45, 2.75) is 12.3 Å². The van der Waals surface area contributed by atoms with E-state index < -0.39 is 0 Å². The Bertz CT molecular complexity index is 927. The number of thioether (sulfide) groups is 1. The van der Waals surface area contributed by atoms with Gasteiger partial charge in [0.2, 0.25) is 5.91 Å². The molecule has 142 valence electrons. The zero-order valence-electron chi connectivity index (χ0n) is 15.2. The highest BCUT2D eigenvalue weighted by atomic mass is 32.2. The molecule has 2 unspecified atom stereocenters. The second-order valence-electron chi connectivity index (χ2n) is 6.89. The number of nitrogens with zero attached hydrogens (tertiary/aromatic N) is 1. The molecule has 0 spiro atoms. The molecule has 1 heterocycles. The first-order valence-electron chi connectivity index (χ1n) is 9.26. The average Bonchev–Trinajstić information content (AvgIpc) is 3.48. The van der Waals surface area contributed by atoms with Crippen LogP contribution < -0.4 is 5.32 Å². The summed E-state index contributed by atoms with van der Waals surface area (Å²) in [6.07, 6.45) is 2.56. The molecule has 2 aliphatic rings. The summed E-state index contributed by atoms with van der Waals surface area (Å²) < 4.78 is 0. The Labute approximate surface area is 167 Å². The Morgan fingerprint density at radius 2 is 1.75 bits per heavy atom. The number of nitrogens with one attached hydrogen (secondary N) is 1. The number of imide groups is 1. The molecular weight excluding hydrogens is 372 g/mol. The molecular formula is C22H20N2O3S. The summed E-state index contributed by atoms with van der Waals surface area (Å²) in [7, 11) is 0. The van der Waals surface area contributed by atoms with Crippen molar-refractivity contribution in [3.8, 4) is 0 Å². The third-order valence-electron chi connectivity index (χ3n) is 4.96. The molecule has 4 rings (SSSR count). The highest BCUT2D eigenvalue weighted by Gasteiger charge is 2.43. The first-order chi connectivity index (χ1) is 13.6. The van der Waals surface area contributed by atoms with E-state index in [1.54, 1.807) is 6.08 Å². The van der Waals surface area contributed by atoms with Gasteiger partial charge < -0.3 is 5.32 Å². The summed E-state index contributed by atoms with van der Waals surface area (Å²) in [4.78, 5) is 38.6. The Hall–Kier alpha value is -2.86. The third-order valence-corrected chi connectivity index (χ3v) is 5.87. The van der Waals surface area contributed by atoms with E-state index in [1.165, 1.54) is 10.5 Å². The number of rotatable bonds is 6. The molecule has 3 amide bonds. The highest BCUT2D eigenvalue weighted by molar-refractivity contribution is 8.18. The Kier molecular flexibility index (Phi) is 5.30. The fourth-order valence-corrected chi connectivity index (χ4v) is 4.23. The molecule has 28 heavy (non-hydrogen) atoms. The topological polar surface area (TPSA) is 66.5 Å². The minimum atomic E-state index is -0.304. The molecule has 0 bridgehead atoms. The maximum absolute atomic E-state index is 12.5. The fourth-order valence-electron chi connectivity index (χ4n) is 3.37. The Morgan fingerprint density at radius 3 is 2.46 bits per heavy atom. The summed E-state index contributed by atoms with van der Waals surface area (Å²) in [5.74, 6) is -0.0650. The maximum atomic E-state index is 12.5. The van der Waals surface area contributed by atoms with E-state index in [-0.39, 0.29) is 42.0 Å². The van der Waals surface area contributed by atoms with Gasteiger partial charge in [0.25, 0.3) is 11.1 Å². The third kappa shape index (κ3) is 4.02. The number of amides is 3. The quantitative estimate of drug-likeness (QED) is 0.762. The number of carbonyl (C=O) groups excluding carboxylic acids is 3. The Balaban J connectivity index is 1.28. The van der Waals surface area contributed by atoms with E-state index in [0.29, 0.717) is 4.91 Å². The minimum Gasteiger partial charge on any atom is -0.354 e. The van der Waals surface area contributed by atoms with Crippen molar-refractivity contribution >= 4 is 34.9 Å². The van der Waals surface area contributed by atoms with Gasteiger partial charge in [-0.1, -0.05) is 60.7 Å². The van der Waals surface area contributed by atoms with Gasteiger partial charge in [0.1, 0.15) is 0 Å². The summed E-state index contributed by atoms with van der Waals surface area (Å²) in [5, 5.41) is 2.57. The van der Waals surface area contributed by atoms with E-state index in [1.807, 2.05) is 60.7 Å². The van der Waals surface area contributed by atoms with Crippen molar-refractivity contribution < 1.29 is 14.4 Å². The van der Waals surface area contributed by atoms with Crippen molar-refractivity contribution in [3.05, 3.63) is 76.7 Å². The molecule has 6 heteroatoms. The van der Waals surface area contributed by atoms with Gasteiger partial charge in [0, 0.05) is 19.0 Å². The van der Waals surface area contributed by atoms with E-state index >= 15 is 0 Å². The minimum absolute atomic E-state index is 0.0133. The molecule has 0 aromatic heterocycles. The van der Waals surface area contributed by atoms with Crippen LogP contribution in [0, 0.1) is 5.92 Å². The zero-order chi connectivity index (χ0) is 19.5. The molecule has 1 aliphatic carbocycles. The van der Waals surface area contributed by atoms with Gasteiger partial charge in [-0.2, -0.15) is 0 Å². The second kappa shape index (κ2) is 8.02. The molecule has 2 aromatic rings. The van der Waals surface area contributed by atoms with Crippen LogP contribution in [0.5, 0.6) is 0 Å². The predicted octanol–water partition coefficient (Wildman–Crippen LogP) is 3.64. The van der Waals surface area contributed by atoms with Crippen LogP contribution in [0.25, 0.3) is 6.08 Å². The van der Waals surface area contributed by atoms with Crippen molar-refractivity contribution in [1.82, 2.24) is 10.2 Å². The number of carbonyl (C=O) groups is 3. The second-order valence-corrected chi connectivity index (χ2v) is 7.89. The van der Waals surface area contributed by atoms with Crippen LogP contribution >= 0.6 is 11.8 Å². The molecule has 2 atom stereocenters. The molecule has 0 radical (unpaired) electrons. The fraction of sp³-hybridized carbons (Fsp3) is 0.227. The molecule has 5 nitrogen and oxygen atoms in total. The largest absolute Gasteiger partial charge is 0.354 e. The first-order valence-corrected chi connectivity index (χ1v) is 10.1. The summed E-state index contributed by atoms with van der Waals surface area (Å²) in [5.41, 5.74) is 2.06.